The molecule has 0 aromatic heterocycles. The zero-order chi connectivity index (χ0) is 12.4. The van der Waals surface area contributed by atoms with Gasteiger partial charge < -0.3 is 0 Å². The van der Waals surface area contributed by atoms with Gasteiger partial charge in [0.05, 0.1) is 5.56 Å². The molecule has 0 aliphatic heterocycles. The molecule has 8 heteroatoms. The zero-order valence-corrected chi connectivity index (χ0v) is 10.2. The van der Waals surface area contributed by atoms with Crippen LogP contribution in [0.3, 0.4) is 0 Å². The van der Waals surface area contributed by atoms with Crippen molar-refractivity contribution in [3.8, 4) is 0 Å². The van der Waals surface area contributed by atoms with Crippen LogP contribution in [0.25, 0.3) is 0 Å². The van der Waals surface area contributed by atoms with E-state index in [2.05, 4.69) is 20.7 Å². The third kappa shape index (κ3) is 3.67. The van der Waals surface area contributed by atoms with E-state index in [0.29, 0.717) is 0 Å². The van der Waals surface area contributed by atoms with Gasteiger partial charge in [0.25, 0.3) is 0 Å². The molecule has 1 aromatic carbocycles. The Morgan fingerprint density at radius 2 is 1.69 bits per heavy atom. The van der Waals surface area contributed by atoms with Crippen molar-refractivity contribution in [1.29, 1.82) is 0 Å². The predicted octanol–water partition coefficient (Wildman–Crippen LogP) is 2.80. The van der Waals surface area contributed by atoms with Gasteiger partial charge in [-0.25, -0.2) is 8.42 Å². The molecule has 0 atom stereocenters. The van der Waals surface area contributed by atoms with Crippen LogP contribution in [0.4, 0.5) is 18.9 Å². The van der Waals surface area contributed by atoms with Gasteiger partial charge in [0.1, 0.15) is 4.66 Å². The highest BCUT2D eigenvalue weighted by molar-refractivity contribution is 9.10. The van der Waals surface area contributed by atoms with Crippen molar-refractivity contribution in [3.63, 3.8) is 0 Å². The molecule has 0 saturated heterocycles. The number of rotatable bonds is 3. The lowest BCUT2D eigenvalue weighted by atomic mass is 10.2. The van der Waals surface area contributed by atoms with Crippen molar-refractivity contribution >= 4 is 31.6 Å². The molecule has 90 valence electrons. The van der Waals surface area contributed by atoms with Gasteiger partial charge in [0.2, 0.25) is 10.0 Å². The van der Waals surface area contributed by atoms with E-state index in [-0.39, 0.29) is 10.3 Å². The van der Waals surface area contributed by atoms with Crippen molar-refractivity contribution in [2.45, 2.75) is 6.18 Å². The second-order valence-corrected chi connectivity index (χ2v) is 5.93. The van der Waals surface area contributed by atoms with E-state index in [1.54, 1.807) is 0 Å². The number of sulfonamides is 1. The number of hydrogen-bond donors (Lipinski definition) is 1. The van der Waals surface area contributed by atoms with Crippen LogP contribution in [-0.2, 0) is 16.2 Å². The monoisotopic (exact) mass is 317 g/mol. The second-order valence-electron chi connectivity index (χ2n) is 2.90. The van der Waals surface area contributed by atoms with E-state index in [4.69, 9.17) is 0 Å². The van der Waals surface area contributed by atoms with Crippen molar-refractivity contribution in [2.75, 3.05) is 9.38 Å². The third-order valence-corrected chi connectivity index (χ3v) is 4.27. The Morgan fingerprint density at radius 3 is 2.06 bits per heavy atom. The maximum Gasteiger partial charge on any atom is 0.416 e. The maximum absolute atomic E-state index is 12.2. The number of halogens is 4. The minimum Gasteiger partial charge on any atom is -0.283 e. The minimum absolute atomic E-state index is 0.0902. The van der Waals surface area contributed by atoms with E-state index in [1.807, 2.05) is 0 Å². The van der Waals surface area contributed by atoms with Crippen LogP contribution < -0.4 is 4.72 Å². The van der Waals surface area contributed by atoms with Crippen LogP contribution in [-0.4, -0.2) is 13.1 Å². The number of anilines is 1. The molecule has 0 unspecified atom stereocenters. The van der Waals surface area contributed by atoms with Crippen LogP contribution in [0, 0.1) is 0 Å². The first-order valence-electron chi connectivity index (χ1n) is 3.98. The summed E-state index contributed by atoms with van der Waals surface area (Å²) in [6, 6.07) is 3.74. The zero-order valence-electron chi connectivity index (χ0n) is 7.75. The van der Waals surface area contributed by atoms with Gasteiger partial charge in [-0.1, -0.05) is 15.9 Å². The average molecular weight is 318 g/mol. The van der Waals surface area contributed by atoms with Gasteiger partial charge in [-0.2, -0.15) is 13.2 Å². The minimum atomic E-state index is -4.42. The first-order valence-corrected chi connectivity index (χ1v) is 6.76. The van der Waals surface area contributed by atoms with E-state index in [0.717, 1.165) is 24.3 Å². The van der Waals surface area contributed by atoms with E-state index in [1.165, 1.54) is 0 Å². The van der Waals surface area contributed by atoms with Crippen molar-refractivity contribution in [2.24, 2.45) is 0 Å². The summed E-state index contributed by atoms with van der Waals surface area (Å²) in [6.07, 6.45) is -4.42. The Balaban J connectivity index is 2.89. The van der Waals surface area contributed by atoms with Crippen molar-refractivity contribution < 1.29 is 21.6 Å². The Bertz CT molecular complexity index is 455. The fourth-order valence-corrected chi connectivity index (χ4v) is 1.83. The molecular formula is C8H7BrF3NO2S. The number of benzene rings is 1. The highest BCUT2D eigenvalue weighted by Gasteiger charge is 2.30. The number of alkyl halides is 4. The number of nitrogens with one attached hydrogen (secondary N) is 1. The van der Waals surface area contributed by atoms with Crippen LogP contribution in [0.2, 0.25) is 0 Å². The lowest BCUT2D eigenvalue weighted by molar-refractivity contribution is -0.137. The summed E-state index contributed by atoms with van der Waals surface area (Å²) < 4.78 is 60.5. The summed E-state index contributed by atoms with van der Waals surface area (Å²) in [4.78, 5) is 0. The summed E-state index contributed by atoms with van der Waals surface area (Å²) in [5.41, 5.74) is -0.734. The Morgan fingerprint density at radius 1 is 1.19 bits per heavy atom. The largest absolute Gasteiger partial charge is 0.416 e. The molecular weight excluding hydrogens is 311 g/mol. The molecule has 0 aliphatic rings. The Labute approximate surface area is 98.8 Å². The molecule has 1 rings (SSSR count). The standard InChI is InChI=1S/C8H7BrF3NO2S/c9-5-16(14,15)13-7-3-1-6(2-4-7)8(10,11)12/h1-4,13H,5H2. The molecule has 0 aliphatic carbocycles. The fourth-order valence-electron chi connectivity index (χ4n) is 0.934. The third-order valence-electron chi connectivity index (χ3n) is 1.63. The normalized spacial score (nSPS) is 12.5. The average Bonchev–Trinajstić information content (AvgIpc) is 2.16. The summed E-state index contributed by atoms with van der Waals surface area (Å²) in [7, 11) is -3.54. The SMILES string of the molecule is O=S(=O)(CBr)Nc1ccc(C(F)(F)F)cc1. The molecule has 16 heavy (non-hydrogen) atoms. The highest BCUT2D eigenvalue weighted by Crippen LogP contribution is 2.29. The van der Waals surface area contributed by atoms with Crippen LogP contribution >= 0.6 is 15.9 Å². The quantitative estimate of drug-likeness (QED) is 0.871. The molecule has 0 saturated carbocycles. The molecule has 0 bridgehead atoms. The Kier molecular flexibility index (Phi) is 3.84. The molecule has 0 heterocycles. The topological polar surface area (TPSA) is 46.2 Å². The van der Waals surface area contributed by atoms with Crippen LogP contribution in [0.5, 0.6) is 0 Å². The van der Waals surface area contributed by atoms with Gasteiger partial charge in [-0.15, -0.1) is 0 Å². The predicted molar refractivity (Wildman–Crippen MR) is 57.8 cm³/mol. The van der Waals surface area contributed by atoms with Crippen LogP contribution in [0.15, 0.2) is 24.3 Å². The van der Waals surface area contributed by atoms with Gasteiger partial charge >= 0.3 is 6.18 Å². The fraction of sp³-hybridized carbons (Fsp3) is 0.250. The van der Waals surface area contributed by atoms with Crippen molar-refractivity contribution in [1.82, 2.24) is 0 Å². The molecule has 1 aromatic rings. The summed E-state index contributed by atoms with van der Waals surface area (Å²) in [6.45, 7) is 0. The molecule has 0 amide bonds. The van der Waals surface area contributed by atoms with E-state index >= 15 is 0 Å². The smallest absolute Gasteiger partial charge is 0.283 e. The van der Waals surface area contributed by atoms with Gasteiger partial charge in [-0.05, 0) is 24.3 Å². The molecule has 0 spiro atoms. The first-order chi connectivity index (χ1) is 7.24. The lowest BCUT2D eigenvalue weighted by Gasteiger charge is -2.08. The number of hydrogen-bond acceptors (Lipinski definition) is 2. The van der Waals surface area contributed by atoms with Gasteiger partial charge in [0, 0.05) is 5.69 Å². The molecule has 0 fully saturated rings. The van der Waals surface area contributed by atoms with Gasteiger partial charge in [-0.3, -0.25) is 4.72 Å². The summed E-state index contributed by atoms with van der Waals surface area (Å²) in [5.74, 6) is 0. The highest BCUT2D eigenvalue weighted by atomic mass is 79.9. The summed E-state index contributed by atoms with van der Waals surface area (Å²) >= 11 is 2.74. The molecule has 3 nitrogen and oxygen atoms in total. The first kappa shape index (κ1) is 13.3. The van der Waals surface area contributed by atoms with E-state index < -0.39 is 21.8 Å². The van der Waals surface area contributed by atoms with Gasteiger partial charge in [0.15, 0.2) is 0 Å². The summed E-state index contributed by atoms with van der Waals surface area (Å²) in [5, 5.41) is 0. The maximum atomic E-state index is 12.2. The van der Waals surface area contributed by atoms with E-state index in [9.17, 15) is 21.6 Å². The Hall–Kier alpha value is -0.760. The van der Waals surface area contributed by atoms with Crippen LogP contribution in [0.1, 0.15) is 5.56 Å². The lowest BCUT2D eigenvalue weighted by Crippen LogP contribution is -2.13. The molecule has 0 radical (unpaired) electrons. The van der Waals surface area contributed by atoms with Crippen molar-refractivity contribution in [3.05, 3.63) is 29.8 Å². The molecule has 1 N–H and O–H groups in total. The second kappa shape index (κ2) is 4.62.